The molecule has 4 rings (SSSR count). The van der Waals surface area contributed by atoms with Crippen LogP contribution in [0.4, 0.5) is 4.39 Å². The van der Waals surface area contributed by atoms with Crippen molar-refractivity contribution >= 4 is 20.9 Å². The fraction of sp³-hybridized carbons (Fsp3) is 0.211. The third kappa shape index (κ3) is 3.03. The summed E-state index contributed by atoms with van der Waals surface area (Å²) in [6.07, 6.45) is 3.35. The summed E-state index contributed by atoms with van der Waals surface area (Å²) in [6.45, 7) is 0.296. The molecule has 1 N–H and O–H groups in total. The first-order valence-electron chi connectivity index (χ1n) is 8.10. The van der Waals surface area contributed by atoms with Gasteiger partial charge >= 0.3 is 0 Å². The van der Waals surface area contributed by atoms with Crippen molar-refractivity contribution in [3.8, 4) is 0 Å². The van der Waals surface area contributed by atoms with Gasteiger partial charge in [0.15, 0.2) is 0 Å². The largest absolute Gasteiger partial charge is 0.255 e. The number of aromatic nitrogens is 1. The van der Waals surface area contributed by atoms with E-state index in [-0.39, 0.29) is 16.1 Å². The predicted octanol–water partition coefficient (Wildman–Crippen LogP) is 3.38. The summed E-state index contributed by atoms with van der Waals surface area (Å²) < 4.78 is 41.4. The number of nitrogens with zero attached hydrogens (tertiary/aromatic N) is 1. The third-order valence-electron chi connectivity index (χ3n) is 4.80. The average molecular weight is 356 g/mol. The molecule has 0 radical (unpaired) electrons. The van der Waals surface area contributed by atoms with E-state index in [1.807, 2.05) is 12.1 Å². The van der Waals surface area contributed by atoms with Gasteiger partial charge in [0.2, 0.25) is 10.0 Å². The second kappa shape index (κ2) is 5.89. The minimum atomic E-state index is -3.68. The number of hydrogen-bond donors (Lipinski definition) is 1. The number of hydrogen-bond acceptors (Lipinski definition) is 3. The fourth-order valence-corrected chi connectivity index (χ4v) is 4.43. The van der Waals surface area contributed by atoms with Crippen LogP contribution in [0.25, 0.3) is 10.9 Å². The molecule has 25 heavy (non-hydrogen) atoms. The first kappa shape index (κ1) is 16.2. The van der Waals surface area contributed by atoms with E-state index in [9.17, 15) is 12.8 Å². The molecule has 6 heteroatoms. The van der Waals surface area contributed by atoms with Crippen LogP contribution in [-0.2, 0) is 15.4 Å². The highest BCUT2D eigenvalue weighted by Gasteiger charge is 2.44. The van der Waals surface area contributed by atoms with E-state index < -0.39 is 10.0 Å². The molecule has 0 unspecified atom stereocenters. The topological polar surface area (TPSA) is 59.1 Å². The molecule has 128 valence electrons. The van der Waals surface area contributed by atoms with Crippen molar-refractivity contribution in [3.63, 3.8) is 0 Å². The van der Waals surface area contributed by atoms with E-state index >= 15 is 0 Å². The Morgan fingerprint density at radius 3 is 2.48 bits per heavy atom. The summed E-state index contributed by atoms with van der Waals surface area (Å²) in [5, 5.41) is 0.782. The zero-order chi connectivity index (χ0) is 17.5. The van der Waals surface area contributed by atoms with E-state index in [4.69, 9.17) is 0 Å². The minimum Gasteiger partial charge on any atom is -0.255 e. The second-order valence-electron chi connectivity index (χ2n) is 6.44. The van der Waals surface area contributed by atoms with Crippen molar-refractivity contribution in [2.24, 2.45) is 0 Å². The number of halogens is 1. The van der Waals surface area contributed by atoms with Crippen molar-refractivity contribution in [2.45, 2.75) is 23.2 Å². The highest BCUT2D eigenvalue weighted by atomic mass is 32.2. The van der Waals surface area contributed by atoms with Gasteiger partial charge in [0.05, 0.1) is 5.52 Å². The maximum Gasteiger partial charge on any atom is 0.242 e. The van der Waals surface area contributed by atoms with Crippen LogP contribution in [0.5, 0.6) is 0 Å². The van der Waals surface area contributed by atoms with Crippen molar-refractivity contribution in [1.29, 1.82) is 0 Å². The van der Waals surface area contributed by atoms with Crippen LogP contribution in [0.2, 0.25) is 0 Å². The van der Waals surface area contributed by atoms with Gasteiger partial charge in [-0.05, 0) is 42.7 Å². The van der Waals surface area contributed by atoms with Crippen LogP contribution in [0.3, 0.4) is 0 Å². The molecular formula is C19H17FN2O2S. The number of para-hydroxylation sites is 1. The molecule has 0 bridgehead atoms. The van der Waals surface area contributed by atoms with Crippen molar-refractivity contribution in [3.05, 3.63) is 72.2 Å². The van der Waals surface area contributed by atoms with E-state index in [2.05, 4.69) is 9.71 Å². The molecule has 0 atom stereocenters. The normalized spacial score (nSPS) is 16.0. The van der Waals surface area contributed by atoms with Crippen LogP contribution >= 0.6 is 0 Å². The van der Waals surface area contributed by atoms with Crippen LogP contribution < -0.4 is 4.72 Å². The number of pyridine rings is 1. The summed E-state index contributed by atoms with van der Waals surface area (Å²) in [5.74, 6) is -0.290. The number of fused-ring (bicyclic) bond motifs is 1. The van der Waals surface area contributed by atoms with Gasteiger partial charge in [0.25, 0.3) is 0 Å². The summed E-state index contributed by atoms with van der Waals surface area (Å²) in [5.41, 5.74) is 1.19. The second-order valence-corrected chi connectivity index (χ2v) is 8.18. The first-order chi connectivity index (χ1) is 12.0. The first-order valence-corrected chi connectivity index (χ1v) is 9.58. The molecule has 1 fully saturated rings. The van der Waals surface area contributed by atoms with Gasteiger partial charge in [0, 0.05) is 23.5 Å². The number of benzene rings is 2. The molecular weight excluding hydrogens is 339 g/mol. The number of sulfonamides is 1. The summed E-state index contributed by atoms with van der Waals surface area (Å²) in [6, 6.07) is 15.0. The van der Waals surface area contributed by atoms with Gasteiger partial charge in [-0.15, -0.1) is 0 Å². The van der Waals surface area contributed by atoms with Gasteiger partial charge < -0.3 is 0 Å². The molecule has 4 nitrogen and oxygen atoms in total. The Morgan fingerprint density at radius 1 is 1.04 bits per heavy atom. The average Bonchev–Trinajstić information content (AvgIpc) is 3.41. The number of nitrogens with one attached hydrogen (secondary N) is 1. The lowest BCUT2D eigenvalue weighted by Gasteiger charge is -2.17. The molecule has 1 aromatic heterocycles. The standard InChI is InChI=1S/C19H17FN2O2S/c20-16-8-6-15(7-9-16)19(10-11-19)13-22-25(23,24)17-5-1-3-14-4-2-12-21-18(14)17/h1-9,12,22H,10-11,13H2. The lowest BCUT2D eigenvalue weighted by atomic mass is 9.96. The molecule has 0 aliphatic heterocycles. The minimum absolute atomic E-state index is 0.181. The fourth-order valence-electron chi connectivity index (χ4n) is 3.13. The van der Waals surface area contributed by atoms with Gasteiger partial charge in [-0.3, -0.25) is 4.98 Å². The van der Waals surface area contributed by atoms with E-state index in [0.717, 1.165) is 23.8 Å². The quantitative estimate of drug-likeness (QED) is 0.762. The Bertz CT molecular complexity index is 1020. The highest BCUT2D eigenvalue weighted by Crippen LogP contribution is 2.47. The van der Waals surface area contributed by atoms with Gasteiger partial charge in [-0.1, -0.05) is 30.3 Å². The van der Waals surface area contributed by atoms with Crippen molar-refractivity contribution in [2.75, 3.05) is 6.54 Å². The zero-order valence-electron chi connectivity index (χ0n) is 13.4. The SMILES string of the molecule is O=S(=O)(NCC1(c2ccc(F)cc2)CC1)c1cccc2cccnc12. The Kier molecular flexibility index (Phi) is 3.81. The molecule has 1 aliphatic rings. The zero-order valence-corrected chi connectivity index (χ0v) is 14.3. The Labute approximate surface area is 145 Å². The molecule has 3 aromatic rings. The maximum absolute atomic E-state index is 13.1. The molecule has 0 spiro atoms. The Balaban J connectivity index is 1.61. The molecule has 1 heterocycles. The van der Waals surface area contributed by atoms with E-state index in [1.165, 1.54) is 12.1 Å². The monoisotopic (exact) mass is 356 g/mol. The summed E-state index contributed by atoms with van der Waals surface area (Å²) in [4.78, 5) is 4.40. The molecule has 1 aliphatic carbocycles. The van der Waals surface area contributed by atoms with Crippen molar-refractivity contribution in [1.82, 2.24) is 9.71 Å². The molecule has 0 saturated heterocycles. The lowest BCUT2D eigenvalue weighted by molar-refractivity contribution is 0.567. The van der Waals surface area contributed by atoms with Crippen molar-refractivity contribution < 1.29 is 12.8 Å². The van der Waals surface area contributed by atoms with Gasteiger partial charge in [0.1, 0.15) is 10.7 Å². The predicted molar refractivity (Wildman–Crippen MR) is 94.2 cm³/mol. The van der Waals surface area contributed by atoms with Crippen LogP contribution in [-0.4, -0.2) is 19.9 Å². The highest BCUT2D eigenvalue weighted by molar-refractivity contribution is 7.89. The van der Waals surface area contributed by atoms with E-state index in [1.54, 1.807) is 36.5 Å². The van der Waals surface area contributed by atoms with Gasteiger partial charge in [-0.25, -0.2) is 17.5 Å². The summed E-state index contributed by atoms with van der Waals surface area (Å²) in [7, 11) is -3.68. The smallest absolute Gasteiger partial charge is 0.242 e. The Hall–Kier alpha value is -2.31. The van der Waals surface area contributed by atoms with Crippen LogP contribution in [0.1, 0.15) is 18.4 Å². The maximum atomic E-state index is 13.1. The molecule has 0 amide bonds. The third-order valence-corrected chi connectivity index (χ3v) is 6.23. The van der Waals surface area contributed by atoms with Gasteiger partial charge in [-0.2, -0.15) is 0 Å². The molecule has 2 aromatic carbocycles. The summed E-state index contributed by atoms with van der Waals surface area (Å²) >= 11 is 0. The Morgan fingerprint density at radius 2 is 1.76 bits per heavy atom. The lowest BCUT2D eigenvalue weighted by Crippen LogP contribution is -2.32. The molecule has 1 saturated carbocycles. The number of rotatable bonds is 5. The van der Waals surface area contributed by atoms with E-state index in [0.29, 0.717) is 12.1 Å². The van der Waals surface area contributed by atoms with Crippen LogP contribution in [0.15, 0.2) is 65.7 Å². The van der Waals surface area contributed by atoms with Crippen LogP contribution in [0, 0.1) is 5.82 Å².